The first-order valence-corrected chi connectivity index (χ1v) is 6.26. The summed E-state index contributed by atoms with van der Waals surface area (Å²) in [5, 5.41) is 13.4. The Bertz CT molecular complexity index is 518. The van der Waals surface area contributed by atoms with Crippen LogP contribution in [0.4, 0.5) is 0 Å². The highest BCUT2D eigenvalue weighted by Gasteiger charge is 2.12. The van der Waals surface area contributed by atoms with Gasteiger partial charge in [0.2, 0.25) is 0 Å². The lowest BCUT2D eigenvalue weighted by Gasteiger charge is -2.03. The van der Waals surface area contributed by atoms with Crippen LogP contribution in [0.3, 0.4) is 0 Å². The normalized spacial score (nSPS) is 11.1. The van der Waals surface area contributed by atoms with E-state index in [1.165, 1.54) is 0 Å². The predicted octanol–water partition coefficient (Wildman–Crippen LogP) is 1.48. The van der Waals surface area contributed by atoms with Gasteiger partial charge in [-0.05, 0) is 22.4 Å². The Morgan fingerprint density at radius 2 is 2.24 bits per heavy atom. The summed E-state index contributed by atoms with van der Waals surface area (Å²) in [6, 6.07) is 0. The Labute approximate surface area is 108 Å². The molecule has 0 aliphatic rings. The molecule has 2 aromatic rings. The summed E-state index contributed by atoms with van der Waals surface area (Å²) < 4.78 is 4.87. The average Bonchev–Trinajstić information content (AvgIpc) is 2.88. The lowest BCUT2D eigenvalue weighted by molar-refractivity contribution is 0.277. The van der Waals surface area contributed by atoms with Crippen molar-refractivity contribution in [1.29, 1.82) is 0 Å². The predicted molar refractivity (Wildman–Crippen MR) is 67.5 cm³/mol. The van der Waals surface area contributed by atoms with Crippen LogP contribution in [0.5, 0.6) is 0 Å². The van der Waals surface area contributed by atoms with Crippen molar-refractivity contribution < 1.29 is 5.11 Å². The Morgan fingerprint density at radius 3 is 2.76 bits per heavy atom. The summed E-state index contributed by atoms with van der Waals surface area (Å²) in [5.74, 6) is 0. The summed E-state index contributed by atoms with van der Waals surface area (Å²) in [7, 11) is 1.93. The monoisotopic (exact) mass is 298 g/mol. The van der Waals surface area contributed by atoms with Gasteiger partial charge in [-0.15, -0.1) is 0 Å². The average molecular weight is 299 g/mol. The van der Waals surface area contributed by atoms with Gasteiger partial charge < -0.3 is 9.67 Å². The van der Waals surface area contributed by atoms with Gasteiger partial charge in [-0.25, -0.2) is 4.98 Å². The minimum absolute atomic E-state index is 0.0280. The molecule has 0 aliphatic heterocycles. The second-order valence-corrected chi connectivity index (χ2v) is 4.67. The maximum atomic E-state index is 8.97. The van der Waals surface area contributed by atoms with Crippen LogP contribution in [0.1, 0.15) is 24.0 Å². The van der Waals surface area contributed by atoms with Crippen molar-refractivity contribution in [3.05, 3.63) is 34.1 Å². The van der Waals surface area contributed by atoms with E-state index >= 15 is 0 Å². The fourth-order valence-electron chi connectivity index (χ4n) is 1.74. The molecular formula is C11H15BrN4O. The molecule has 0 atom stereocenters. The molecule has 0 amide bonds. The van der Waals surface area contributed by atoms with Crippen molar-refractivity contribution in [2.75, 3.05) is 0 Å². The van der Waals surface area contributed by atoms with E-state index in [-0.39, 0.29) is 6.61 Å². The van der Waals surface area contributed by atoms with Crippen molar-refractivity contribution in [2.24, 2.45) is 7.05 Å². The van der Waals surface area contributed by atoms with E-state index in [4.69, 9.17) is 5.11 Å². The highest BCUT2D eigenvalue weighted by molar-refractivity contribution is 9.10. The van der Waals surface area contributed by atoms with Crippen LogP contribution in [-0.2, 0) is 26.6 Å². The number of imidazole rings is 1. The SMILES string of the molecule is CCc1nn(C)c(Cn2cnc(CO)c2)c1Br. The number of aromatic nitrogens is 4. The molecule has 0 fully saturated rings. The van der Waals surface area contributed by atoms with Crippen LogP contribution < -0.4 is 0 Å². The standard InChI is InChI=1S/C11H15BrN4O/c1-3-9-11(12)10(15(2)14-9)5-16-4-8(6-17)13-7-16/h4,7,17H,3,5-6H2,1-2H3. The van der Waals surface area contributed by atoms with Crippen molar-refractivity contribution in [3.8, 4) is 0 Å². The van der Waals surface area contributed by atoms with E-state index in [1.54, 1.807) is 6.33 Å². The van der Waals surface area contributed by atoms with Crippen LogP contribution >= 0.6 is 15.9 Å². The van der Waals surface area contributed by atoms with Crippen molar-refractivity contribution in [1.82, 2.24) is 19.3 Å². The third-order valence-corrected chi connectivity index (χ3v) is 3.60. The van der Waals surface area contributed by atoms with Gasteiger partial charge in [0.15, 0.2) is 0 Å². The molecule has 0 aliphatic carbocycles. The van der Waals surface area contributed by atoms with E-state index < -0.39 is 0 Å². The molecule has 2 aromatic heterocycles. The number of hydrogen-bond donors (Lipinski definition) is 1. The molecule has 0 unspecified atom stereocenters. The second-order valence-electron chi connectivity index (χ2n) is 3.88. The van der Waals surface area contributed by atoms with E-state index in [1.807, 2.05) is 22.5 Å². The van der Waals surface area contributed by atoms with Crippen LogP contribution in [0.15, 0.2) is 17.0 Å². The molecule has 0 saturated heterocycles. The number of aliphatic hydroxyl groups excluding tert-OH is 1. The maximum absolute atomic E-state index is 8.97. The van der Waals surface area contributed by atoms with E-state index in [2.05, 4.69) is 32.9 Å². The first-order chi connectivity index (χ1) is 8.15. The van der Waals surface area contributed by atoms with E-state index in [0.29, 0.717) is 12.2 Å². The van der Waals surface area contributed by atoms with Crippen molar-refractivity contribution >= 4 is 15.9 Å². The van der Waals surface area contributed by atoms with Gasteiger partial charge >= 0.3 is 0 Å². The molecule has 2 rings (SSSR count). The lowest BCUT2D eigenvalue weighted by atomic mass is 10.3. The van der Waals surface area contributed by atoms with Gasteiger partial charge in [0.1, 0.15) is 0 Å². The van der Waals surface area contributed by atoms with E-state index in [9.17, 15) is 0 Å². The highest BCUT2D eigenvalue weighted by atomic mass is 79.9. The molecule has 0 spiro atoms. The van der Waals surface area contributed by atoms with Gasteiger partial charge in [0, 0.05) is 13.2 Å². The smallest absolute Gasteiger partial charge is 0.0954 e. The quantitative estimate of drug-likeness (QED) is 0.930. The molecule has 0 aromatic carbocycles. The fourth-order valence-corrected chi connectivity index (χ4v) is 2.48. The Morgan fingerprint density at radius 1 is 1.47 bits per heavy atom. The summed E-state index contributed by atoms with van der Waals surface area (Å²) >= 11 is 3.58. The first-order valence-electron chi connectivity index (χ1n) is 5.47. The van der Waals surface area contributed by atoms with Gasteiger partial charge in [0.25, 0.3) is 0 Å². The molecule has 5 nitrogen and oxygen atoms in total. The lowest BCUT2D eigenvalue weighted by Crippen LogP contribution is -2.04. The Hall–Kier alpha value is -1.14. The summed E-state index contributed by atoms with van der Waals surface area (Å²) in [6.07, 6.45) is 4.46. The van der Waals surface area contributed by atoms with Gasteiger partial charge in [-0.3, -0.25) is 4.68 Å². The van der Waals surface area contributed by atoms with Crippen molar-refractivity contribution in [2.45, 2.75) is 26.5 Å². The minimum Gasteiger partial charge on any atom is -0.390 e. The van der Waals surface area contributed by atoms with Crippen LogP contribution in [-0.4, -0.2) is 24.4 Å². The number of nitrogens with zero attached hydrogens (tertiary/aromatic N) is 4. The largest absolute Gasteiger partial charge is 0.390 e. The van der Waals surface area contributed by atoms with Crippen LogP contribution in [0.25, 0.3) is 0 Å². The van der Waals surface area contributed by atoms with Gasteiger partial charge in [0.05, 0.1) is 41.0 Å². The number of aliphatic hydroxyl groups is 1. The van der Waals surface area contributed by atoms with E-state index in [0.717, 1.165) is 22.3 Å². The topological polar surface area (TPSA) is 55.9 Å². The zero-order valence-corrected chi connectivity index (χ0v) is 11.5. The molecule has 6 heteroatoms. The van der Waals surface area contributed by atoms with Crippen molar-refractivity contribution in [3.63, 3.8) is 0 Å². The molecule has 0 bridgehead atoms. The third kappa shape index (κ3) is 2.42. The molecule has 0 saturated carbocycles. The number of rotatable bonds is 4. The molecule has 17 heavy (non-hydrogen) atoms. The Kier molecular flexibility index (Phi) is 3.63. The second kappa shape index (κ2) is 5.01. The number of aryl methyl sites for hydroxylation is 2. The van der Waals surface area contributed by atoms with Crippen LogP contribution in [0, 0.1) is 0 Å². The fraction of sp³-hybridized carbons (Fsp3) is 0.455. The molecular weight excluding hydrogens is 284 g/mol. The summed E-state index contributed by atoms with van der Waals surface area (Å²) in [5.41, 5.74) is 2.84. The minimum atomic E-state index is -0.0280. The maximum Gasteiger partial charge on any atom is 0.0954 e. The molecule has 1 N–H and O–H groups in total. The summed E-state index contributed by atoms with van der Waals surface area (Å²) in [6.45, 7) is 2.74. The number of hydrogen-bond acceptors (Lipinski definition) is 3. The van der Waals surface area contributed by atoms with Gasteiger partial charge in [-0.2, -0.15) is 5.10 Å². The first kappa shape index (κ1) is 12.3. The van der Waals surface area contributed by atoms with Crippen LogP contribution in [0.2, 0.25) is 0 Å². The summed E-state index contributed by atoms with van der Waals surface area (Å²) in [4.78, 5) is 4.09. The number of halogens is 1. The van der Waals surface area contributed by atoms with Gasteiger partial charge in [-0.1, -0.05) is 6.92 Å². The molecule has 92 valence electrons. The zero-order chi connectivity index (χ0) is 12.4. The third-order valence-electron chi connectivity index (χ3n) is 2.68. The molecule has 0 radical (unpaired) electrons. The Balaban J connectivity index is 2.26. The zero-order valence-electron chi connectivity index (χ0n) is 9.89. The molecule has 2 heterocycles. The highest BCUT2D eigenvalue weighted by Crippen LogP contribution is 2.22.